The molecule has 2 N–H and O–H groups in total. The fourth-order valence-electron chi connectivity index (χ4n) is 1.92. The molecule has 0 bridgehead atoms. The number of allylic oxidation sites excluding steroid dienone is 1. The molecule has 1 heterocycles. The minimum atomic E-state index is 0.00423. The summed E-state index contributed by atoms with van der Waals surface area (Å²) in [6.07, 6.45) is 8.65. The van der Waals surface area contributed by atoms with Crippen LogP contribution < -0.4 is 5.32 Å². The zero-order valence-electron chi connectivity index (χ0n) is 12.7. The van der Waals surface area contributed by atoms with Gasteiger partial charge in [-0.15, -0.1) is 0 Å². The van der Waals surface area contributed by atoms with Gasteiger partial charge in [0.15, 0.2) is 0 Å². The Morgan fingerprint density at radius 2 is 2.16 bits per heavy atom. The van der Waals surface area contributed by atoms with Gasteiger partial charge in [-0.1, -0.05) is 32.6 Å². The first kappa shape index (κ1) is 17.2. The molecule has 1 aromatic heterocycles. The Morgan fingerprint density at radius 1 is 1.53 bits per heavy atom. The summed E-state index contributed by atoms with van der Waals surface area (Å²) in [5.41, 5.74) is 3.37. The highest BCUT2D eigenvalue weighted by atomic mass is 16.1. The van der Waals surface area contributed by atoms with Crippen LogP contribution in [0.5, 0.6) is 0 Å². The highest BCUT2D eigenvalue weighted by Crippen LogP contribution is 2.18. The Bertz CT molecular complexity index is 430. The minimum absolute atomic E-state index is 0.00423. The molecule has 1 aromatic rings. The summed E-state index contributed by atoms with van der Waals surface area (Å²) in [7, 11) is 0. The third-order valence-electron chi connectivity index (χ3n) is 2.55. The standard InChI is InChI=1S/C14H20N2O.C2H6/c1-5-7-13-12(9-15-14(13)6-2)8-10(3)16-11(4)17;1-2/h5-7,9-10,15H,2,8H2,1,3-4H3,(H,16,17);1-2H3/b7-5-;. The van der Waals surface area contributed by atoms with E-state index in [1.165, 1.54) is 12.5 Å². The van der Waals surface area contributed by atoms with Crippen LogP contribution in [0.4, 0.5) is 0 Å². The van der Waals surface area contributed by atoms with Crippen molar-refractivity contribution in [3.8, 4) is 0 Å². The Hall–Kier alpha value is -1.77. The summed E-state index contributed by atoms with van der Waals surface area (Å²) in [5, 5.41) is 2.89. The van der Waals surface area contributed by atoms with E-state index in [2.05, 4.69) is 23.0 Å². The van der Waals surface area contributed by atoms with Crippen molar-refractivity contribution in [3.63, 3.8) is 0 Å². The fraction of sp³-hybridized carbons (Fsp3) is 0.438. The van der Waals surface area contributed by atoms with Gasteiger partial charge in [0, 0.05) is 30.4 Å². The average Bonchev–Trinajstić information content (AvgIpc) is 2.74. The van der Waals surface area contributed by atoms with Crippen LogP contribution in [0.2, 0.25) is 0 Å². The van der Waals surface area contributed by atoms with Gasteiger partial charge in [-0.3, -0.25) is 4.79 Å². The smallest absolute Gasteiger partial charge is 0.217 e. The van der Waals surface area contributed by atoms with Crippen LogP contribution in [0.15, 0.2) is 18.9 Å². The number of nitrogens with one attached hydrogen (secondary N) is 2. The highest BCUT2D eigenvalue weighted by Gasteiger charge is 2.10. The zero-order chi connectivity index (χ0) is 14.8. The van der Waals surface area contributed by atoms with Crippen LogP contribution in [0.1, 0.15) is 51.4 Å². The molecule has 0 aromatic carbocycles. The molecule has 1 rings (SSSR count). The number of H-pyrrole nitrogens is 1. The molecule has 3 heteroatoms. The Balaban J connectivity index is 0.00000154. The van der Waals surface area contributed by atoms with Gasteiger partial charge in [0.1, 0.15) is 0 Å². The Kier molecular flexibility index (Phi) is 8.34. The molecule has 0 aliphatic rings. The van der Waals surface area contributed by atoms with E-state index >= 15 is 0 Å². The molecule has 3 nitrogen and oxygen atoms in total. The van der Waals surface area contributed by atoms with Crippen molar-refractivity contribution in [1.82, 2.24) is 10.3 Å². The van der Waals surface area contributed by atoms with E-state index in [1.807, 2.05) is 46.0 Å². The van der Waals surface area contributed by atoms with Crippen molar-refractivity contribution < 1.29 is 4.79 Å². The van der Waals surface area contributed by atoms with Crippen molar-refractivity contribution in [2.45, 2.75) is 47.1 Å². The number of aromatic nitrogens is 1. The SMILES string of the molecule is C=Cc1[nH]cc(CC(C)NC(C)=O)c1/C=C\C.CC. The third kappa shape index (κ3) is 5.60. The quantitative estimate of drug-likeness (QED) is 0.833. The summed E-state index contributed by atoms with van der Waals surface area (Å²) in [5.74, 6) is 0.00423. The van der Waals surface area contributed by atoms with E-state index in [9.17, 15) is 4.79 Å². The van der Waals surface area contributed by atoms with Crippen molar-refractivity contribution >= 4 is 18.1 Å². The van der Waals surface area contributed by atoms with E-state index in [-0.39, 0.29) is 11.9 Å². The second kappa shape index (κ2) is 9.20. The first-order valence-electron chi connectivity index (χ1n) is 6.81. The zero-order valence-corrected chi connectivity index (χ0v) is 12.7. The largest absolute Gasteiger partial charge is 0.361 e. The van der Waals surface area contributed by atoms with E-state index in [4.69, 9.17) is 0 Å². The summed E-state index contributed by atoms with van der Waals surface area (Å²) in [4.78, 5) is 14.2. The van der Waals surface area contributed by atoms with Gasteiger partial charge in [-0.25, -0.2) is 0 Å². The molecule has 1 atom stereocenters. The van der Waals surface area contributed by atoms with Crippen LogP contribution in [0.25, 0.3) is 12.2 Å². The van der Waals surface area contributed by atoms with Gasteiger partial charge in [-0.2, -0.15) is 0 Å². The molecule has 1 amide bonds. The number of carbonyl (C=O) groups excluding carboxylic acids is 1. The molecule has 0 spiro atoms. The fourth-order valence-corrected chi connectivity index (χ4v) is 1.92. The summed E-state index contributed by atoms with van der Waals surface area (Å²) < 4.78 is 0. The summed E-state index contributed by atoms with van der Waals surface area (Å²) in [6.45, 7) is 13.3. The van der Waals surface area contributed by atoms with Crippen LogP contribution >= 0.6 is 0 Å². The maximum Gasteiger partial charge on any atom is 0.217 e. The van der Waals surface area contributed by atoms with Gasteiger partial charge < -0.3 is 10.3 Å². The monoisotopic (exact) mass is 262 g/mol. The number of hydrogen-bond acceptors (Lipinski definition) is 1. The molecule has 106 valence electrons. The highest BCUT2D eigenvalue weighted by molar-refractivity contribution is 5.73. The van der Waals surface area contributed by atoms with E-state index in [0.29, 0.717) is 0 Å². The van der Waals surface area contributed by atoms with Crippen molar-refractivity contribution in [3.05, 3.63) is 35.7 Å². The van der Waals surface area contributed by atoms with Crippen molar-refractivity contribution in [2.24, 2.45) is 0 Å². The van der Waals surface area contributed by atoms with Crippen molar-refractivity contribution in [2.75, 3.05) is 0 Å². The average molecular weight is 262 g/mol. The predicted octanol–water partition coefficient (Wildman–Crippen LogP) is 3.78. The van der Waals surface area contributed by atoms with Gasteiger partial charge in [0.25, 0.3) is 0 Å². The van der Waals surface area contributed by atoms with Crippen LogP contribution in [-0.4, -0.2) is 16.9 Å². The van der Waals surface area contributed by atoms with E-state index in [1.54, 1.807) is 0 Å². The predicted molar refractivity (Wildman–Crippen MR) is 83.9 cm³/mol. The second-order valence-electron chi connectivity index (χ2n) is 4.15. The first-order valence-corrected chi connectivity index (χ1v) is 6.81. The number of aromatic amines is 1. The second-order valence-corrected chi connectivity index (χ2v) is 4.15. The Labute approximate surface area is 116 Å². The van der Waals surface area contributed by atoms with Crippen LogP contribution in [-0.2, 0) is 11.2 Å². The number of amides is 1. The molecule has 0 saturated heterocycles. The number of carbonyl (C=O) groups is 1. The van der Waals surface area contributed by atoms with Gasteiger partial charge in [0.05, 0.1) is 0 Å². The van der Waals surface area contributed by atoms with Crippen molar-refractivity contribution in [1.29, 1.82) is 0 Å². The van der Waals surface area contributed by atoms with Gasteiger partial charge in [0.2, 0.25) is 5.91 Å². The van der Waals surface area contributed by atoms with Crippen LogP contribution in [0.3, 0.4) is 0 Å². The van der Waals surface area contributed by atoms with E-state index < -0.39 is 0 Å². The topological polar surface area (TPSA) is 44.9 Å². The Morgan fingerprint density at radius 3 is 2.63 bits per heavy atom. The molecule has 0 aliphatic heterocycles. The summed E-state index contributed by atoms with van der Waals surface area (Å²) in [6, 6.07) is 0.130. The normalized spacial score (nSPS) is 11.6. The lowest BCUT2D eigenvalue weighted by Crippen LogP contribution is -2.32. The molecular weight excluding hydrogens is 236 g/mol. The maximum absolute atomic E-state index is 11.0. The molecule has 0 fully saturated rings. The maximum atomic E-state index is 11.0. The summed E-state index contributed by atoms with van der Waals surface area (Å²) >= 11 is 0. The first-order chi connectivity index (χ1) is 9.08. The van der Waals surface area contributed by atoms with Gasteiger partial charge >= 0.3 is 0 Å². The third-order valence-corrected chi connectivity index (χ3v) is 2.55. The molecule has 1 unspecified atom stereocenters. The molecule has 19 heavy (non-hydrogen) atoms. The number of hydrogen-bond donors (Lipinski definition) is 2. The minimum Gasteiger partial charge on any atom is -0.361 e. The molecule has 0 radical (unpaired) electrons. The van der Waals surface area contributed by atoms with Gasteiger partial charge in [-0.05, 0) is 31.9 Å². The lowest BCUT2D eigenvalue weighted by Gasteiger charge is -2.12. The lowest BCUT2D eigenvalue weighted by molar-refractivity contribution is -0.119. The molecule has 0 saturated carbocycles. The number of rotatable bonds is 5. The molecule has 0 aliphatic carbocycles. The van der Waals surface area contributed by atoms with E-state index in [0.717, 1.165) is 17.7 Å². The molecular formula is C16H26N2O. The lowest BCUT2D eigenvalue weighted by atomic mass is 10.0. The van der Waals surface area contributed by atoms with Crippen LogP contribution in [0, 0.1) is 0 Å².